The molecule has 0 amide bonds. The Morgan fingerprint density at radius 3 is 2.63 bits per heavy atom. The normalized spacial score (nSPS) is 14.9. The lowest BCUT2D eigenvalue weighted by molar-refractivity contribution is 0.579. The van der Waals surface area contributed by atoms with E-state index < -0.39 is 0 Å². The van der Waals surface area contributed by atoms with Crippen LogP contribution in [0.3, 0.4) is 0 Å². The molecule has 0 aliphatic heterocycles. The smallest absolute Gasteiger partial charge is 0.147 e. The van der Waals surface area contributed by atoms with Gasteiger partial charge in [-0.2, -0.15) is 0 Å². The molecule has 106 valence electrons. The molecule has 1 heterocycles. The van der Waals surface area contributed by atoms with Crippen molar-refractivity contribution in [3.8, 4) is 0 Å². The minimum atomic E-state index is 0.480. The molecule has 1 saturated carbocycles. The largest absolute Gasteiger partial charge is 0.355 e. The molecule has 0 unspecified atom stereocenters. The third-order valence-electron chi connectivity index (χ3n) is 3.38. The number of rotatable bonds is 8. The predicted molar refractivity (Wildman–Crippen MR) is 79.2 cm³/mol. The maximum atomic E-state index is 4.58. The van der Waals surface area contributed by atoms with Gasteiger partial charge < -0.3 is 10.2 Å². The summed E-state index contributed by atoms with van der Waals surface area (Å²) in [6.07, 6.45) is 7.74. The van der Waals surface area contributed by atoms with Crippen molar-refractivity contribution in [2.75, 3.05) is 18.0 Å². The minimum Gasteiger partial charge on any atom is -0.355 e. The molecule has 2 rings (SSSR count). The van der Waals surface area contributed by atoms with Crippen LogP contribution in [0.1, 0.15) is 45.7 Å². The third kappa shape index (κ3) is 4.78. The quantitative estimate of drug-likeness (QED) is 0.782. The molecule has 1 fully saturated rings. The molecule has 0 radical (unpaired) electrons. The van der Waals surface area contributed by atoms with Gasteiger partial charge in [-0.3, -0.25) is 4.98 Å². The minimum absolute atomic E-state index is 0.480. The van der Waals surface area contributed by atoms with Crippen LogP contribution in [0.25, 0.3) is 0 Å². The van der Waals surface area contributed by atoms with Gasteiger partial charge in [0.2, 0.25) is 0 Å². The Balaban J connectivity index is 1.93. The summed E-state index contributed by atoms with van der Waals surface area (Å²) in [6.45, 7) is 9.51. The van der Waals surface area contributed by atoms with Crippen molar-refractivity contribution in [2.24, 2.45) is 5.92 Å². The van der Waals surface area contributed by atoms with E-state index in [0.29, 0.717) is 6.04 Å². The van der Waals surface area contributed by atoms with E-state index in [1.165, 1.54) is 12.8 Å². The molecule has 1 aliphatic rings. The molecular formula is C15H26N4. The van der Waals surface area contributed by atoms with Crippen LogP contribution >= 0.6 is 0 Å². The second kappa shape index (κ2) is 6.85. The Kier molecular flexibility index (Phi) is 5.14. The Hall–Kier alpha value is -1.16. The number of nitrogens with zero attached hydrogens (tertiary/aromatic N) is 3. The Morgan fingerprint density at radius 1 is 1.32 bits per heavy atom. The fourth-order valence-electron chi connectivity index (χ4n) is 2.09. The van der Waals surface area contributed by atoms with E-state index in [1.54, 1.807) is 0 Å². The van der Waals surface area contributed by atoms with Crippen LogP contribution in [0.5, 0.6) is 0 Å². The molecule has 0 bridgehead atoms. The van der Waals surface area contributed by atoms with Crippen LogP contribution in [0.2, 0.25) is 0 Å². The van der Waals surface area contributed by atoms with E-state index in [2.05, 4.69) is 41.0 Å². The van der Waals surface area contributed by atoms with E-state index in [4.69, 9.17) is 0 Å². The average Bonchev–Trinajstić information content (AvgIpc) is 3.20. The first kappa shape index (κ1) is 14.3. The van der Waals surface area contributed by atoms with E-state index in [0.717, 1.165) is 43.5 Å². The maximum absolute atomic E-state index is 4.58. The molecule has 19 heavy (non-hydrogen) atoms. The van der Waals surface area contributed by atoms with Crippen LogP contribution in [-0.2, 0) is 6.54 Å². The van der Waals surface area contributed by atoms with Crippen LogP contribution in [0.15, 0.2) is 12.4 Å². The second-order valence-electron chi connectivity index (χ2n) is 5.79. The zero-order valence-corrected chi connectivity index (χ0v) is 12.4. The zero-order valence-electron chi connectivity index (χ0n) is 12.4. The molecule has 0 aromatic carbocycles. The summed E-state index contributed by atoms with van der Waals surface area (Å²) in [4.78, 5) is 11.5. The summed E-state index contributed by atoms with van der Waals surface area (Å²) in [7, 11) is 0. The Labute approximate surface area is 116 Å². The van der Waals surface area contributed by atoms with E-state index in [1.807, 2.05) is 12.4 Å². The van der Waals surface area contributed by atoms with Crippen molar-refractivity contribution >= 4 is 5.82 Å². The number of hydrogen-bond acceptors (Lipinski definition) is 4. The van der Waals surface area contributed by atoms with Gasteiger partial charge in [0.15, 0.2) is 0 Å². The van der Waals surface area contributed by atoms with Gasteiger partial charge in [-0.15, -0.1) is 0 Å². The van der Waals surface area contributed by atoms with Crippen LogP contribution in [0, 0.1) is 5.92 Å². The lowest BCUT2D eigenvalue weighted by Crippen LogP contribution is -2.28. The summed E-state index contributed by atoms with van der Waals surface area (Å²) in [5.41, 5.74) is 1.01. The Morgan fingerprint density at radius 2 is 2.11 bits per heavy atom. The first-order valence-electron chi connectivity index (χ1n) is 7.48. The summed E-state index contributed by atoms with van der Waals surface area (Å²) in [6, 6.07) is 0.480. The summed E-state index contributed by atoms with van der Waals surface area (Å²) >= 11 is 0. The number of nitrogens with one attached hydrogen (secondary N) is 1. The summed E-state index contributed by atoms with van der Waals surface area (Å²) in [5.74, 6) is 1.91. The molecule has 1 N–H and O–H groups in total. The van der Waals surface area contributed by atoms with Crippen molar-refractivity contribution in [1.82, 2.24) is 15.3 Å². The second-order valence-corrected chi connectivity index (χ2v) is 5.79. The van der Waals surface area contributed by atoms with Crippen molar-refractivity contribution < 1.29 is 0 Å². The molecule has 0 spiro atoms. The molecule has 4 nitrogen and oxygen atoms in total. The fourth-order valence-corrected chi connectivity index (χ4v) is 2.09. The van der Waals surface area contributed by atoms with Crippen LogP contribution in [-0.4, -0.2) is 29.1 Å². The number of anilines is 1. The molecule has 1 aromatic rings. The van der Waals surface area contributed by atoms with Crippen molar-refractivity contribution in [3.05, 3.63) is 18.1 Å². The molecule has 0 saturated heterocycles. The Bertz CT molecular complexity index is 370. The first-order valence-corrected chi connectivity index (χ1v) is 7.48. The van der Waals surface area contributed by atoms with Gasteiger partial charge in [0.25, 0.3) is 0 Å². The van der Waals surface area contributed by atoms with Gasteiger partial charge in [-0.05, 0) is 25.2 Å². The fraction of sp³-hybridized carbons (Fsp3) is 0.733. The molecule has 1 aliphatic carbocycles. The van der Waals surface area contributed by atoms with Gasteiger partial charge in [0.1, 0.15) is 5.82 Å². The molecule has 0 atom stereocenters. The van der Waals surface area contributed by atoms with Gasteiger partial charge in [-0.25, -0.2) is 4.98 Å². The van der Waals surface area contributed by atoms with Gasteiger partial charge >= 0.3 is 0 Å². The summed E-state index contributed by atoms with van der Waals surface area (Å²) in [5, 5.41) is 3.36. The van der Waals surface area contributed by atoms with Crippen LogP contribution < -0.4 is 10.2 Å². The highest BCUT2D eigenvalue weighted by molar-refractivity contribution is 5.36. The zero-order chi connectivity index (χ0) is 13.7. The van der Waals surface area contributed by atoms with E-state index in [-0.39, 0.29) is 0 Å². The summed E-state index contributed by atoms with van der Waals surface area (Å²) < 4.78 is 0. The SMILES string of the molecule is CCCN(CC1CC1)c1cnc(CNC(C)C)cn1. The first-order chi connectivity index (χ1) is 9.19. The molecule has 4 heteroatoms. The lowest BCUT2D eigenvalue weighted by atomic mass is 10.3. The highest BCUT2D eigenvalue weighted by Crippen LogP contribution is 2.30. The number of aromatic nitrogens is 2. The van der Waals surface area contributed by atoms with Crippen LogP contribution in [0.4, 0.5) is 5.82 Å². The average molecular weight is 262 g/mol. The van der Waals surface area contributed by atoms with E-state index in [9.17, 15) is 0 Å². The molecular weight excluding hydrogens is 236 g/mol. The standard InChI is InChI=1S/C15H26N4/c1-4-7-19(11-13-5-6-13)15-10-17-14(9-18-15)8-16-12(2)3/h9-10,12-13,16H,4-8,11H2,1-3H3. The lowest BCUT2D eigenvalue weighted by Gasteiger charge is -2.22. The van der Waals surface area contributed by atoms with Crippen molar-refractivity contribution in [1.29, 1.82) is 0 Å². The highest BCUT2D eigenvalue weighted by atomic mass is 15.2. The van der Waals surface area contributed by atoms with E-state index >= 15 is 0 Å². The maximum Gasteiger partial charge on any atom is 0.147 e. The predicted octanol–water partition coefficient (Wildman–Crippen LogP) is 2.60. The van der Waals surface area contributed by atoms with Gasteiger partial charge in [0, 0.05) is 25.7 Å². The van der Waals surface area contributed by atoms with Crippen molar-refractivity contribution in [3.63, 3.8) is 0 Å². The topological polar surface area (TPSA) is 41.1 Å². The van der Waals surface area contributed by atoms with Crippen molar-refractivity contribution in [2.45, 2.75) is 52.6 Å². The van der Waals surface area contributed by atoms with Gasteiger partial charge in [0.05, 0.1) is 18.1 Å². The third-order valence-corrected chi connectivity index (χ3v) is 3.38. The van der Waals surface area contributed by atoms with Gasteiger partial charge in [-0.1, -0.05) is 20.8 Å². The number of hydrogen-bond donors (Lipinski definition) is 1. The highest BCUT2D eigenvalue weighted by Gasteiger charge is 2.24. The monoisotopic (exact) mass is 262 g/mol. The molecule has 1 aromatic heterocycles.